The molecular weight excluding hydrogens is 374 g/mol. The van der Waals surface area contributed by atoms with Crippen LogP contribution in [0.1, 0.15) is 46.0 Å². The maximum Gasteiger partial charge on any atom is 0.237 e. The second-order valence-electron chi connectivity index (χ2n) is 9.65. The largest absolute Gasteiger partial charge is 0.354 e. The Morgan fingerprint density at radius 1 is 0.967 bits per heavy atom. The zero-order valence-corrected chi connectivity index (χ0v) is 18.9. The summed E-state index contributed by atoms with van der Waals surface area (Å²) in [5.41, 5.74) is 0. The van der Waals surface area contributed by atoms with Crippen molar-refractivity contribution in [2.75, 3.05) is 57.3 Å². The van der Waals surface area contributed by atoms with Gasteiger partial charge in [0, 0.05) is 57.5 Å². The average molecular weight is 414 g/mol. The maximum atomic E-state index is 13.0. The molecule has 3 saturated heterocycles. The third-order valence-corrected chi connectivity index (χ3v) is 7.31. The first-order valence-corrected chi connectivity index (χ1v) is 12.0. The molecule has 1 aromatic heterocycles. The SMILES string of the molecule is CC1CCCC(C)N1C(=O)CN1CCCC(CN2CCN(c3ccccn3)CC2)C1. The number of piperazine rings is 1. The highest BCUT2D eigenvalue weighted by molar-refractivity contribution is 5.79. The van der Waals surface area contributed by atoms with E-state index >= 15 is 0 Å². The molecule has 0 saturated carbocycles. The van der Waals surface area contributed by atoms with E-state index < -0.39 is 0 Å². The quantitative estimate of drug-likeness (QED) is 0.743. The van der Waals surface area contributed by atoms with Crippen LogP contribution >= 0.6 is 0 Å². The van der Waals surface area contributed by atoms with E-state index in [1.54, 1.807) is 0 Å². The van der Waals surface area contributed by atoms with Gasteiger partial charge in [-0.3, -0.25) is 14.6 Å². The predicted octanol–water partition coefficient (Wildman–Crippen LogP) is 2.71. The number of anilines is 1. The highest BCUT2D eigenvalue weighted by Crippen LogP contribution is 2.24. The van der Waals surface area contributed by atoms with Crippen LogP contribution in [0.3, 0.4) is 0 Å². The molecule has 3 aliphatic heterocycles. The number of hydrogen-bond donors (Lipinski definition) is 0. The van der Waals surface area contributed by atoms with Gasteiger partial charge in [0.05, 0.1) is 6.54 Å². The van der Waals surface area contributed by atoms with Gasteiger partial charge < -0.3 is 9.80 Å². The van der Waals surface area contributed by atoms with Crippen LogP contribution in [-0.4, -0.2) is 90.0 Å². The monoisotopic (exact) mass is 413 g/mol. The Balaban J connectivity index is 1.23. The first-order chi connectivity index (χ1) is 14.6. The van der Waals surface area contributed by atoms with Crippen LogP contribution in [0.15, 0.2) is 24.4 Å². The van der Waals surface area contributed by atoms with Crippen LogP contribution in [-0.2, 0) is 4.79 Å². The highest BCUT2D eigenvalue weighted by atomic mass is 16.2. The summed E-state index contributed by atoms with van der Waals surface area (Å²) in [5, 5.41) is 0. The van der Waals surface area contributed by atoms with Crippen molar-refractivity contribution in [2.45, 2.75) is 58.0 Å². The lowest BCUT2D eigenvalue weighted by atomic mass is 9.96. The van der Waals surface area contributed by atoms with Crippen LogP contribution in [0.2, 0.25) is 0 Å². The lowest BCUT2D eigenvalue weighted by Gasteiger charge is -2.42. The zero-order valence-electron chi connectivity index (χ0n) is 18.9. The standard InChI is InChI=1S/C24H39N5O/c1-20-7-5-8-21(2)29(20)24(30)19-27-12-6-9-22(18-27)17-26-13-15-28(16-14-26)23-10-3-4-11-25-23/h3-4,10-11,20-22H,5-9,12-19H2,1-2H3. The topological polar surface area (TPSA) is 42.9 Å². The van der Waals surface area contributed by atoms with Crippen molar-refractivity contribution in [3.8, 4) is 0 Å². The first-order valence-electron chi connectivity index (χ1n) is 12.0. The molecule has 6 nitrogen and oxygen atoms in total. The van der Waals surface area contributed by atoms with Crippen LogP contribution < -0.4 is 4.90 Å². The van der Waals surface area contributed by atoms with Crippen molar-refractivity contribution in [3.63, 3.8) is 0 Å². The van der Waals surface area contributed by atoms with Crippen molar-refractivity contribution < 1.29 is 4.79 Å². The van der Waals surface area contributed by atoms with Crippen molar-refractivity contribution in [1.29, 1.82) is 0 Å². The van der Waals surface area contributed by atoms with Gasteiger partial charge in [-0.25, -0.2) is 4.98 Å². The molecule has 0 spiro atoms. The van der Waals surface area contributed by atoms with Gasteiger partial charge >= 0.3 is 0 Å². The van der Waals surface area contributed by atoms with E-state index in [1.165, 1.54) is 19.3 Å². The number of hydrogen-bond acceptors (Lipinski definition) is 5. The lowest BCUT2D eigenvalue weighted by Crippen LogP contribution is -2.53. The van der Waals surface area contributed by atoms with E-state index in [-0.39, 0.29) is 0 Å². The Morgan fingerprint density at radius 3 is 2.43 bits per heavy atom. The number of carbonyl (C=O) groups is 1. The lowest BCUT2D eigenvalue weighted by molar-refractivity contribution is -0.139. The van der Waals surface area contributed by atoms with E-state index in [2.05, 4.69) is 50.6 Å². The Hall–Kier alpha value is -1.66. The van der Waals surface area contributed by atoms with E-state index in [1.807, 2.05) is 12.3 Å². The summed E-state index contributed by atoms with van der Waals surface area (Å²) in [6.07, 6.45) is 7.96. The molecule has 0 bridgehead atoms. The molecule has 0 aromatic carbocycles. The molecule has 4 rings (SSSR count). The van der Waals surface area contributed by atoms with Crippen LogP contribution in [0.25, 0.3) is 0 Å². The van der Waals surface area contributed by atoms with Gasteiger partial charge in [-0.1, -0.05) is 6.07 Å². The number of aromatic nitrogens is 1. The van der Waals surface area contributed by atoms with Gasteiger partial charge in [0.2, 0.25) is 5.91 Å². The molecule has 3 atom stereocenters. The molecule has 4 heterocycles. The predicted molar refractivity (Wildman–Crippen MR) is 122 cm³/mol. The molecule has 6 heteroatoms. The van der Waals surface area contributed by atoms with E-state index in [4.69, 9.17) is 0 Å². The fourth-order valence-corrected chi connectivity index (χ4v) is 5.70. The molecule has 166 valence electrons. The first kappa shape index (κ1) is 21.6. The summed E-state index contributed by atoms with van der Waals surface area (Å²) in [6.45, 7) is 12.7. The summed E-state index contributed by atoms with van der Waals surface area (Å²) < 4.78 is 0. The van der Waals surface area contributed by atoms with Crippen LogP contribution in [0, 0.1) is 5.92 Å². The molecule has 0 aliphatic carbocycles. The van der Waals surface area contributed by atoms with Crippen molar-refractivity contribution in [3.05, 3.63) is 24.4 Å². The summed E-state index contributed by atoms with van der Waals surface area (Å²) in [6, 6.07) is 6.95. The van der Waals surface area contributed by atoms with Crippen LogP contribution in [0.5, 0.6) is 0 Å². The third-order valence-electron chi connectivity index (χ3n) is 7.31. The smallest absolute Gasteiger partial charge is 0.237 e. The minimum absolute atomic E-state index is 0.347. The summed E-state index contributed by atoms with van der Waals surface area (Å²) in [5.74, 6) is 2.13. The minimum Gasteiger partial charge on any atom is -0.354 e. The summed E-state index contributed by atoms with van der Waals surface area (Å²) in [4.78, 5) is 27.1. The van der Waals surface area contributed by atoms with Crippen LogP contribution in [0.4, 0.5) is 5.82 Å². The van der Waals surface area contributed by atoms with E-state index in [0.717, 1.165) is 64.5 Å². The fourth-order valence-electron chi connectivity index (χ4n) is 5.70. The number of carbonyl (C=O) groups excluding carboxylic acids is 1. The third kappa shape index (κ3) is 5.33. The number of pyridine rings is 1. The molecule has 0 radical (unpaired) electrons. The number of rotatable bonds is 5. The molecular formula is C24H39N5O. The van der Waals surface area contributed by atoms with Gasteiger partial charge in [-0.2, -0.15) is 0 Å². The molecule has 0 N–H and O–H groups in total. The Kier molecular flexibility index (Phi) is 7.26. The zero-order chi connectivity index (χ0) is 20.9. The Bertz CT molecular complexity index is 665. The number of amides is 1. The minimum atomic E-state index is 0.347. The molecule has 1 aromatic rings. The maximum absolute atomic E-state index is 13.0. The number of piperidine rings is 2. The van der Waals surface area contributed by atoms with Crippen molar-refractivity contribution in [1.82, 2.24) is 19.7 Å². The van der Waals surface area contributed by atoms with Gasteiger partial charge in [0.1, 0.15) is 5.82 Å². The van der Waals surface area contributed by atoms with Gasteiger partial charge in [-0.05, 0) is 70.5 Å². The number of likely N-dealkylation sites (tertiary alicyclic amines) is 2. The van der Waals surface area contributed by atoms with Gasteiger partial charge in [0.25, 0.3) is 0 Å². The summed E-state index contributed by atoms with van der Waals surface area (Å²) in [7, 11) is 0. The van der Waals surface area contributed by atoms with E-state index in [9.17, 15) is 4.79 Å². The summed E-state index contributed by atoms with van der Waals surface area (Å²) >= 11 is 0. The number of nitrogens with zero attached hydrogens (tertiary/aromatic N) is 5. The Labute approximate surface area is 182 Å². The van der Waals surface area contributed by atoms with Gasteiger partial charge in [-0.15, -0.1) is 0 Å². The molecule has 3 fully saturated rings. The molecule has 1 amide bonds. The highest BCUT2D eigenvalue weighted by Gasteiger charge is 2.31. The molecule has 3 unspecified atom stereocenters. The normalized spacial score (nSPS) is 29.2. The second kappa shape index (κ2) is 10.1. The molecule has 3 aliphatic rings. The average Bonchev–Trinajstić information content (AvgIpc) is 2.75. The second-order valence-corrected chi connectivity index (χ2v) is 9.65. The van der Waals surface area contributed by atoms with Crippen molar-refractivity contribution >= 4 is 11.7 Å². The van der Waals surface area contributed by atoms with E-state index in [0.29, 0.717) is 30.5 Å². The fraction of sp³-hybridized carbons (Fsp3) is 0.750. The molecule has 30 heavy (non-hydrogen) atoms. The van der Waals surface area contributed by atoms with Crippen molar-refractivity contribution in [2.24, 2.45) is 5.92 Å². The Morgan fingerprint density at radius 2 is 1.73 bits per heavy atom. The van der Waals surface area contributed by atoms with Gasteiger partial charge in [0.15, 0.2) is 0 Å².